The molecule has 2 aromatic carbocycles. The van der Waals surface area contributed by atoms with Crippen LogP contribution in [-0.2, 0) is 20.7 Å². The van der Waals surface area contributed by atoms with Crippen molar-refractivity contribution in [3.05, 3.63) is 83.9 Å². The van der Waals surface area contributed by atoms with E-state index in [-0.39, 0.29) is 36.0 Å². The molecule has 4 rings (SSSR count). The van der Waals surface area contributed by atoms with Crippen molar-refractivity contribution in [3.63, 3.8) is 0 Å². The minimum atomic E-state index is -0.604. The number of carbonyl (C=O) groups excluding carboxylic acids is 2. The van der Waals surface area contributed by atoms with Gasteiger partial charge < -0.3 is 14.6 Å². The number of benzene rings is 2. The molecular formula is C25H26O5. The van der Waals surface area contributed by atoms with E-state index in [0.717, 1.165) is 6.42 Å². The first-order valence-corrected chi connectivity index (χ1v) is 10.5. The summed E-state index contributed by atoms with van der Waals surface area (Å²) >= 11 is 0. The van der Waals surface area contributed by atoms with E-state index in [1.54, 1.807) is 30.3 Å². The quantitative estimate of drug-likeness (QED) is 0.561. The summed E-state index contributed by atoms with van der Waals surface area (Å²) in [6, 6.07) is 18.9. The van der Waals surface area contributed by atoms with Crippen molar-refractivity contribution in [2.24, 2.45) is 11.8 Å². The van der Waals surface area contributed by atoms with Crippen molar-refractivity contribution >= 4 is 11.9 Å². The summed E-state index contributed by atoms with van der Waals surface area (Å²) in [4.78, 5) is 24.3. The van der Waals surface area contributed by atoms with Gasteiger partial charge in [0.1, 0.15) is 12.2 Å². The van der Waals surface area contributed by atoms with Gasteiger partial charge in [0.05, 0.1) is 18.1 Å². The molecule has 2 aliphatic rings. The zero-order chi connectivity index (χ0) is 20.9. The summed E-state index contributed by atoms with van der Waals surface area (Å²) in [7, 11) is 0. The van der Waals surface area contributed by atoms with E-state index >= 15 is 0 Å². The molecule has 1 aliphatic heterocycles. The molecule has 1 saturated heterocycles. The Hall–Kier alpha value is -2.92. The largest absolute Gasteiger partial charge is 0.462 e. The highest BCUT2D eigenvalue weighted by Gasteiger charge is 2.50. The number of fused-ring (bicyclic) bond motifs is 1. The number of hydrogen-bond donors (Lipinski definition) is 1. The lowest BCUT2D eigenvalue weighted by Gasteiger charge is -2.20. The molecule has 0 amide bonds. The third-order valence-electron chi connectivity index (χ3n) is 5.95. The number of carbonyl (C=O) groups is 2. The lowest BCUT2D eigenvalue weighted by atomic mass is 9.91. The van der Waals surface area contributed by atoms with Crippen LogP contribution < -0.4 is 0 Å². The number of aliphatic hydroxyl groups excluding tert-OH is 1. The minimum Gasteiger partial charge on any atom is -0.462 e. The molecule has 0 bridgehead atoms. The molecule has 0 spiro atoms. The van der Waals surface area contributed by atoms with Crippen LogP contribution in [0, 0.1) is 11.8 Å². The molecule has 5 heteroatoms. The molecule has 1 saturated carbocycles. The van der Waals surface area contributed by atoms with Crippen molar-refractivity contribution < 1.29 is 24.2 Å². The zero-order valence-corrected chi connectivity index (χ0v) is 16.7. The second-order valence-corrected chi connectivity index (χ2v) is 8.00. The number of aliphatic hydroxyl groups is 1. The van der Waals surface area contributed by atoms with E-state index in [1.807, 2.05) is 42.5 Å². The molecule has 2 fully saturated rings. The standard InChI is InChI=1S/C25H26O5/c26-19(12-11-17-7-3-1-4-8-17)13-14-20-21-15-24(27)29-23(21)16-22(20)30-25(28)18-9-5-2-6-10-18/h1-10,13-14,19-23,26H,11-12,15-16H2/t19-,20+,21+,22+,23-/m0/s1. The molecule has 1 heterocycles. The first kappa shape index (κ1) is 20.4. The Morgan fingerprint density at radius 2 is 1.83 bits per heavy atom. The maximum atomic E-state index is 12.5. The summed E-state index contributed by atoms with van der Waals surface area (Å²) in [5.74, 6) is -0.764. The molecule has 0 radical (unpaired) electrons. The van der Waals surface area contributed by atoms with Crippen LogP contribution in [0.5, 0.6) is 0 Å². The van der Waals surface area contributed by atoms with Crippen LogP contribution >= 0.6 is 0 Å². The van der Waals surface area contributed by atoms with Gasteiger partial charge in [-0.25, -0.2) is 4.79 Å². The molecule has 5 atom stereocenters. The first-order chi connectivity index (χ1) is 14.6. The summed E-state index contributed by atoms with van der Waals surface area (Å²) in [6.07, 6.45) is 4.65. The highest BCUT2D eigenvalue weighted by molar-refractivity contribution is 5.89. The molecular weight excluding hydrogens is 380 g/mol. The smallest absolute Gasteiger partial charge is 0.338 e. The average molecular weight is 406 g/mol. The Morgan fingerprint density at radius 3 is 2.57 bits per heavy atom. The predicted molar refractivity (Wildman–Crippen MR) is 112 cm³/mol. The van der Waals surface area contributed by atoms with Gasteiger partial charge in [0.2, 0.25) is 0 Å². The highest BCUT2D eigenvalue weighted by Crippen LogP contribution is 2.43. The van der Waals surface area contributed by atoms with Crippen LogP contribution in [0.4, 0.5) is 0 Å². The van der Waals surface area contributed by atoms with Crippen LogP contribution in [0.2, 0.25) is 0 Å². The SMILES string of the molecule is O=C1C[C@@H]2[C@@H](C=C[C@@H](O)CCc3ccccc3)[C@H](OC(=O)c3ccccc3)C[C@@H]2O1. The van der Waals surface area contributed by atoms with E-state index in [2.05, 4.69) is 0 Å². The predicted octanol–water partition coefficient (Wildman–Crippen LogP) is 3.71. The zero-order valence-electron chi connectivity index (χ0n) is 16.7. The van der Waals surface area contributed by atoms with Crippen LogP contribution in [0.3, 0.4) is 0 Å². The van der Waals surface area contributed by atoms with Gasteiger partial charge in [0.15, 0.2) is 0 Å². The molecule has 30 heavy (non-hydrogen) atoms. The molecule has 0 aromatic heterocycles. The van der Waals surface area contributed by atoms with E-state index in [4.69, 9.17) is 9.47 Å². The van der Waals surface area contributed by atoms with Gasteiger partial charge in [-0.3, -0.25) is 4.79 Å². The van der Waals surface area contributed by atoms with Crippen LogP contribution in [-0.4, -0.2) is 35.4 Å². The molecule has 1 N–H and O–H groups in total. The van der Waals surface area contributed by atoms with Crippen molar-refractivity contribution in [1.82, 2.24) is 0 Å². The summed E-state index contributed by atoms with van der Waals surface area (Å²) in [5, 5.41) is 10.4. The van der Waals surface area contributed by atoms with E-state index in [9.17, 15) is 14.7 Å². The van der Waals surface area contributed by atoms with Gasteiger partial charge in [-0.15, -0.1) is 0 Å². The van der Waals surface area contributed by atoms with Crippen LogP contribution in [0.25, 0.3) is 0 Å². The van der Waals surface area contributed by atoms with E-state index in [1.165, 1.54) is 5.56 Å². The monoisotopic (exact) mass is 406 g/mol. The van der Waals surface area contributed by atoms with Gasteiger partial charge >= 0.3 is 11.9 Å². The Labute approximate surface area is 176 Å². The maximum absolute atomic E-state index is 12.5. The Morgan fingerprint density at radius 1 is 1.13 bits per heavy atom. The Balaban J connectivity index is 1.41. The lowest BCUT2D eigenvalue weighted by molar-refractivity contribution is -0.141. The molecule has 156 valence electrons. The van der Waals surface area contributed by atoms with Gasteiger partial charge in [0, 0.05) is 18.3 Å². The van der Waals surface area contributed by atoms with Crippen molar-refractivity contribution in [1.29, 1.82) is 0 Å². The Kier molecular flexibility index (Phi) is 6.29. The molecule has 2 aromatic rings. The number of esters is 2. The fourth-order valence-electron chi connectivity index (χ4n) is 4.38. The second-order valence-electron chi connectivity index (χ2n) is 8.00. The van der Waals surface area contributed by atoms with Crippen LogP contribution in [0.1, 0.15) is 35.2 Å². The summed E-state index contributed by atoms with van der Waals surface area (Å²) in [5.41, 5.74) is 1.67. The summed E-state index contributed by atoms with van der Waals surface area (Å²) in [6.45, 7) is 0. The molecule has 5 nitrogen and oxygen atoms in total. The fourth-order valence-corrected chi connectivity index (χ4v) is 4.38. The van der Waals surface area contributed by atoms with E-state index < -0.39 is 6.10 Å². The number of ether oxygens (including phenoxy) is 2. The first-order valence-electron chi connectivity index (χ1n) is 10.5. The normalized spacial score (nSPS) is 26.4. The van der Waals surface area contributed by atoms with E-state index in [0.29, 0.717) is 24.8 Å². The second kappa shape index (κ2) is 9.26. The highest BCUT2D eigenvalue weighted by atomic mass is 16.6. The summed E-state index contributed by atoms with van der Waals surface area (Å²) < 4.78 is 11.2. The minimum absolute atomic E-state index is 0.0244. The average Bonchev–Trinajstić information content (AvgIpc) is 3.27. The van der Waals surface area contributed by atoms with Gasteiger partial charge in [-0.1, -0.05) is 60.7 Å². The van der Waals surface area contributed by atoms with Crippen LogP contribution in [0.15, 0.2) is 72.8 Å². The molecule has 0 unspecified atom stereocenters. The number of hydrogen-bond acceptors (Lipinski definition) is 5. The topological polar surface area (TPSA) is 72.8 Å². The van der Waals surface area contributed by atoms with Gasteiger partial charge in [0.25, 0.3) is 0 Å². The van der Waals surface area contributed by atoms with Crippen molar-refractivity contribution in [3.8, 4) is 0 Å². The number of rotatable bonds is 7. The van der Waals surface area contributed by atoms with Crippen molar-refractivity contribution in [2.75, 3.05) is 0 Å². The van der Waals surface area contributed by atoms with Gasteiger partial charge in [-0.05, 0) is 30.5 Å². The third-order valence-corrected chi connectivity index (χ3v) is 5.95. The third kappa shape index (κ3) is 4.79. The fraction of sp³-hybridized carbons (Fsp3) is 0.360. The van der Waals surface area contributed by atoms with Crippen molar-refractivity contribution in [2.45, 2.75) is 44.0 Å². The van der Waals surface area contributed by atoms with Gasteiger partial charge in [-0.2, -0.15) is 0 Å². The Bertz CT molecular complexity index is 892. The lowest BCUT2D eigenvalue weighted by Crippen LogP contribution is -2.25. The number of aryl methyl sites for hydroxylation is 1. The molecule has 1 aliphatic carbocycles. The maximum Gasteiger partial charge on any atom is 0.338 e.